The second-order valence-electron chi connectivity index (χ2n) is 4.39. The van der Waals surface area contributed by atoms with Gasteiger partial charge in [-0.25, -0.2) is 4.98 Å². The van der Waals surface area contributed by atoms with E-state index < -0.39 is 5.60 Å². The molecule has 0 amide bonds. The quantitative estimate of drug-likeness (QED) is 0.869. The van der Waals surface area contributed by atoms with Crippen molar-refractivity contribution in [2.45, 2.75) is 31.9 Å². The van der Waals surface area contributed by atoms with Crippen LogP contribution in [0.25, 0.3) is 0 Å². The number of rotatable bonds is 2. The minimum atomic E-state index is -0.535. The first-order valence-electron chi connectivity index (χ1n) is 5.10. The maximum absolute atomic E-state index is 9.95. The first kappa shape index (κ1) is 11.3. The zero-order valence-corrected chi connectivity index (χ0v) is 10.3. The molecule has 0 bridgehead atoms. The summed E-state index contributed by atoms with van der Waals surface area (Å²) in [7, 11) is 0. The highest BCUT2D eigenvalue weighted by atomic mass is 35.5. The van der Waals surface area contributed by atoms with Crippen molar-refractivity contribution in [3.8, 4) is 0 Å². The molecular weight excluding hydrogens is 232 g/mol. The normalized spacial score (nSPS) is 28.2. The van der Waals surface area contributed by atoms with E-state index in [9.17, 15) is 5.11 Å². The van der Waals surface area contributed by atoms with Crippen LogP contribution in [0, 0.1) is 0 Å². The van der Waals surface area contributed by atoms with Crippen LogP contribution in [-0.4, -0.2) is 33.7 Å². The molecule has 1 saturated heterocycles. The molecule has 2 rings (SSSR count). The van der Waals surface area contributed by atoms with E-state index in [1.807, 2.05) is 13.1 Å². The maximum atomic E-state index is 9.95. The van der Waals surface area contributed by atoms with Crippen molar-refractivity contribution in [3.05, 3.63) is 15.5 Å². The first-order valence-corrected chi connectivity index (χ1v) is 6.30. The summed E-state index contributed by atoms with van der Waals surface area (Å²) < 4.78 is 0.591. The molecule has 5 heteroatoms. The van der Waals surface area contributed by atoms with Crippen LogP contribution >= 0.6 is 22.9 Å². The molecule has 3 nitrogen and oxygen atoms in total. The van der Waals surface area contributed by atoms with Crippen molar-refractivity contribution in [2.75, 3.05) is 13.1 Å². The molecule has 0 aliphatic carbocycles. The van der Waals surface area contributed by atoms with Crippen molar-refractivity contribution in [1.82, 2.24) is 9.88 Å². The largest absolute Gasteiger partial charge is 0.389 e. The number of nitrogens with zero attached hydrogens (tertiary/aromatic N) is 2. The van der Waals surface area contributed by atoms with E-state index in [0.717, 1.165) is 37.4 Å². The number of halogens is 1. The van der Waals surface area contributed by atoms with Gasteiger partial charge in [-0.15, -0.1) is 11.3 Å². The monoisotopic (exact) mass is 246 g/mol. The Labute approximate surface area is 98.7 Å². The van der Waals surface area contributed by atoms with Gasteiger partial charge in [-0.3, -0.25) is 4.90 Å². The topological polar surface area (TPSA) is 36.4 Å². The van der Waals surface area contributed by atoms with E-state index in [0.29, 0.717) is 4.47 Å². The molecule has 84 valence electrons. The smallest absolute Gasteiger partial charge is 0.183 e. The van der Waals surface area contributed by atoms with E-state index in [1.165, 1.54) is 11.3 Å². The van der Waals surface area contributed by atoms with E-state index >= 15 is 0 Å². The Hall–Kier alpha value is -0.160. The average Bonchev–Trinajstić information content (AvgIpc) is 2.49. The predicted molar refractivity (Wildman–Crippen MR) is 62.3 cm³/mol. The van der Waals surface area contributed by atoms with Crippen LogP contribution < -0.4 is 0 Å². The molecule has 2 heterocycles. The lowest BCUT2D eigenvalue weighted by Crippen LogP contribution is -2.45. The summed E-state index contributed by atoms with van der Waals surface area (Å²) in [6.07, 6.45) is 3.77. The van der Waals surface area contributed by atoms with Crippen molar-refractivity contribution in [1.29, 1.82) is 0 Å². The van der Waals surface area contributed by atoms with Gasteiger partial charge in [0.25, 0.3) is 0 Å². The van der Waals surface area contributed by atoms with Crippen LogP contribution in [0.3, 0.4) is 0 Å². The van der Waals surface area contributed by atoms with E-state index in [4.69, 9.17) is 11.6 Å². The zero-order chi connectivity index (χ0) is 10.9. The Morgan fingerprint density at radius 1 is 1.73 bits per heavy atom. The van der Waals surface area contributed by atoms with Gasteiger partial charge in [0.1, 0.15) is 0 Å². The molecule has 1 aromatic heterocycles. The fourth-order valence-electron chi connectivity index (χ4n) is 2.04. The second kappa shape index (κ2) is 4.37. The number of aromatic nitrogens is 1. The fraction of sp³-hybridized carbons (Fsp3) is 0.700. The van der Waals surface area contributed by atoms with Gasteiger partial charge >= 0.3 is 0 Å². The Bertz CT molecular complexity index is 340. The van der Waals surface area contributed by atoms with E-state index in [-0.39, 0.29) is 0 Å². The molecule has 0 spiro atoms. The van der Waals surface area contributed by atoms with Crippen LogP contribution in [0.1, 0.15) is 24.6 Å². The number of thiazole rings is 1. The van der Waals surface area contributed by atoms with E-state index in [1.54, 1.807) is 0 Å². The number of hydrogen-bond acceptors (Lipinski definition) is 4. The highest BCUT2D eigenvalue weighted by molar-refractivity contribution is 7.15. The minimum Gasteiger partial charge on any atom is -0.389 e. The third-order valence-corrected chi connectivity index (χ3v) is 3.76. The summed E-state index contributed by atoms with van der Waals surface area (Å²) in [6, 6.07) is 0. The van der Waals surface area contributed by atoms with Gasteiger partial charge in [-0.1, -0.05) is 11.6 Å². The van der Waals surface area contributed by atoms with E-state index in [2.05, 4.69) is 9.88 Å². The number of piperidine rings is 1. The molecule has 1 aliphatic rings. The number of likely N-dealkylation sites (tertiary alicyclic amines) is 1. The molecule has 0 radical (unpaired) electrons. The number of aliphatic hydroxyl groups is 1. The van der Waals surface area contributed by atoms with Crippen LogP contribution in [0.4, 0.5) is 0 Å². The first-order chi connectivity index (χ1) is 7.05. The number of hydrogen-bond donors (Lipinski definition) is 1. The van der Waals surface area contributed by atoms with Gasteiger partial charge in [0, 0.05) is 24.2 Å². The Morgan fingerprint density at radius 3 is 3.13 bits per heavy atom. The second-order valence-corrected chi connectivity index (χ2v) is 6.09. The lowest BCUT2D eigenvalue weighted by molar-refractivity contribution is -0.0178. The van der Waals surface area contributed by atoms with Crippen molar-refractivity contribution in [2.24, 2.45) is 0 Å². The standard InChI is InChI=1S/C10H15ClN2OS/c1-10(14)3-2-4-13(7-10)6-8-5-12-9(11)15-8/h5,14H,2-4,6-7H2,1H3. The molecule has 1 unspecified atom stereocenters. The molecule has 0 saturated carbocycles. The third-order valence-electron chi connectivity index (χ3n) is 2.66. The Balaban J connectivity index is 1.95. The molecule has 1 aromatic rings. The molecule has 1 atom stereocenters. The molecular formula is C10H15ClN2OS. The van der Waals surface area contributed by atoms with Crippen molar-refractivity contribution in [3.63, 3.8) is 0 Å². The number of β-amino-alcohol motifs (C(OH)–C–C–N with tert-alkyl or cyclic N) is 1. The fourth-order valence-corrected chi connectivity index (χ4v) is 3.06. The highest BCUT2D eigenvalue weighted by Crippen LogP contribution is 2.24. The van der Waals surface area contributed by atoms with Crippen LogP contribution in [0.15, 0.2) is 6.20 Å². The predicted octanol–water partition coefficient (Wildman–Crippen LogP) is 2.14. The van der Waals surface area contributed by atoms with Gasteiger partial charge < -0.3 is 5.11 Å². The summed E-state index contributed by atoms with van der Waals surface area (Å²) in [6.45, 7) is 4.54. The molecule has 1 fully saturated rings. The Morgan fingerprint density at radius 2 is 2.53 bits per heavy atom. The SMILES string of the molecule is CC1(O)CCCN(Cc2cnc(Cl)s2)C1. The minimum absolute atomic E-state index is 0.535. The highest BCUT2D eigenvalue weighted by Gasteiger charge is 2.28. The van der Waals surface area contributed by atoms with Crippen molar-refractivity contribution < 1.29 is 5.11 Å². The van der Waals surface area contributed by atoms with Gasteiger partial charge in [0.05, 0.1) is 5.60 Å². The summed E-state index contributed by atoms with van der Waals surface area (Å²) in [5.74, 6) is 0. The van der Waals surface area contributed by atoms with Crippen LogP contribution in [-0.2, 0) is 6.54 Å². The van der Waals surface area contributed by atoms with Gasteiger partial charge in [-0.05, 0) is 26.3 Å². The molecule has 15 heavy (non-hydrogen) atoms. The third kappa shape index (κ3) is 3.14. The molecule has 0 aromatic carbocycles. The lowest BCUT2D eigenvalue weighted by Gasteiger charge is -2.36. The maximum Gasteiger partial charge on any atom is 0.183 e. The van der Waals surface area contributed by atoms with Gasteiger partial charge in [-0.2, -0.15) is 0 Å². The summed E-state index contributed by atoms with van der Waals surface area (Å²) in [5.41, 5.74) is -0.535. The average molecular weight is 247 g/mol. The summed E-state index contributed by atoms with van der Waals surface area (Å²) in [4.78, 5) is 7.44. The van der Waals surface area contributed by atoms with Crippen LogP contribution in [0.2, 0.25) is 4.47 Å². The van der Waals surface area contributed by atoms with Crippen LogP contribution in [0.5, 0.6) is 0 Å². The molecule has 1 aliphatic heterocycles. The van der Waals surface area contributed by atoms with Gasteiger partial charge in [0.2, 0.25) is 0 Å². The van der Waals surface area contributed by atoms with Gasteiger partial charge in [0.15, 0.2) is 4.47 Å². The molecule has 1 N–H and O–H groups in total. The lowest BCUT2D eigenvalue weighted by atomic mass is 9.95. The van der Waals surface area contributed by atoms with Crippen molar-refractivity contribution >= 4 is 22.9 Å². The summed E-state index contributed by atoms with van der Waals surface area (Å²) >= 11 is 7.29. The zero-order valence-electron chi connectivity index (χ0n) is 8.74. The summed E-state index contributed by atoms with van der Waals surface area (Å²) in [5, 5.41) is 9.95. The Kier molecular flexibility index (Phi) is 3.30.